The van der Waals surface area contributed by atoms with Crippen LogP contribution in [0.4, 0.5) is 0 Å². The van der Waals surface area contributed by atoms with Crippen molar-refractivity contribution in [3.8, 4) is 0 Å². The van der Waals surface area contributed by atoms with Crippen molar-refractivity contribution in [2.75, 3.05) is 6.54 Å². The zero-order valence-corrected chi connectivity index (χ0v) is 9.81. The minimum absolute atomic E-state index is 0.156. The summed E-state index contributed by atoms with van der Waals surface area (Å²) in [6.45, 7) is 4.75. The van der Waals surface area contributed by atoms with E-state index >= 15 is 0 Å². The summed E-state index contributed by atoms with van der Waals surface area (Å²) in [6.07, 6.45) is 0.217. The summed E-state index contributed by atoms with van der Waals surface area (Å²) >= 11 is 0. The molecule has 0 aliphatic carbocycles. The van der Waals surface area contributed by atoms with Crippen LogP contribution in [-0.2, 0) is 4.79 Å². The lowest BCUT2D eigenvalue weighted by atomic mass is 10.1. The number of rotatable bonds is 6. The summed E-state index contributed by atoms with van der Waals surface area (Å²) in [5.41, 5.74) is 1.23. The predicted molar refractivity (Wildman–Crippen MR) is 64.3 cm³/mol. The van der Waals surface area contributed by atoms with E-state index in [1.807, 2.05) is 25.1 Å². The molecule has 88 valence electrons. The van der Waals surface area contributed by atoms with Crippen molar-refractivity contribution in [1.82, 2.24) is 5.32 Å². The largest absolute Gasteiger partial charge is 0.481 e. The lowest BCUT2D eigenvalue weighted by Gasteiger charge is -2.17. The van der Waals surface area contributed by atoms with Crippen LogP contribution < -0.4 is 5.32 Å². The quantitative estimate of drug-likeness (QED) is 0.775. The van der Waals surface area contributed by atoms with E-state index in [-0.39, 0.29) is 18.4 Å². The molecule has 0 bridgehead atoms. The van der Waals surface area contributed by atoms with Gasteiger partial charge in [-0.05, 0) is 24.9 Å². The first-order valence-corrected chi connectivity index (χ1v) is 5.59. The molecule has 0 aromatic heterocycles. The Balaban J connectivity index is 2.35. The van der Waals surface area contributed by atoms with Gasteiger partial charge >= 0.3 is 5.97 Å². The Kier molecular flexibility index (Phi) is 4.99. The van der Waals surface area contributed by atoms with Crippen LogP contribution in [0.1, 0.15) is 31.9 Å². The Bertz CT molecular complexity index is 324. The molecule has 1 rings (SSSR count). The number of nitrogens with one attached hydrogen (secondary N) is 1. The van der Waals surface area contributed by atoms with Gasteiger partial charge in [-0.15, -0.1) is 0 Å². The molecule has 0 heterocycles. The number of benzene rings is 1. The van der Waals surface area contributed by atoms with Crippen LogP contribution in [0.5, 0.6) is 0 Å². The van der Waals surface area contributed by atoms with E-state index in [9.17, 15) is 4.79 Å². The summed E-state index contributed by atoms with van der Waals surface area (Å²) in [5, 5.41) is 12.0. The van der Waals surface area contributed by atoms with E-state index in [0.717, 1.165) is 6.54 Å². The van der Waals surface area contributed by atoms with Gasteiger partial charge in [-0.2, -0.15) is 0 Å². The average Bonchev–Trinajstić information content (AvgIpc) is 2.26. The van der Waals surface area contributed by atoms with Crippen LogP contribution in [0, 0.1) is 5.92 Å². The molecule has 0 amide bonds. The Morgan fingerprint density at radius 2 is 1.94 bits per heavy atom. The third kappa shape index (κ3) is 4.45. The Labute approximate surface area is 96.5 Å². The lowest BCUT2D eigenvalue weighted by Crippen LogP contribution is -2.25. The number of carbonyl (C=O) groups is 1. The molecule has 0 saturated heterocycles. The first-order valence-electron chi connectivity index (χ1n) is 5.59. The van der Waals surface area contributed by atoms with Crippen molar-refractivity contribution in [3.63, 3.8) is 0 Å². The second-order valence-corrected chi connectivity index (χ2v) is 4.24. The summed E-state index contributed by atoms with van der Waals surface area (Å²) < 4.78 is 0. The van der Waals surface area contributed by atoms with Gasteiger partial charge in [-0.25, -0.2) is 0 Å². The molecule has 16 heavy (non-hydrogen) atoms. The number of carboxylic acids is 1. The Hall–Kier alpha value is -1.35. The molecular formula is C13H19NO2. The topological polar surface area (TPSA) is 49.3 Å². The first kappa shape index (κ1) is 12.7. The zero-order chi connectivity index (χ0) is 12.0. The summed E-state index contributed by atoms with van der Waals surface area (Å²) in [7, 11) is 0. The maximum absolute atomic E-state index is 10.5. The van der Waals surface area contributed by atoms with Crippen LogP contribution in [0.2, 0.25) is 0 Å². The van der Waals surface area contributed by atoms with E-state index in [1.165, 1.54) is 5.56 Å². The molecule has 0 saturated carbocycles. The van der Waals surface area contributed by atoms with Crippen LogP contribution in [0.3, 0.4) is 0 Å². The fourth-order valence-electron chi connectivity index (χ4n) is 1.61. The normalized spacial score (nSPS) is 14.4. The first-order chi connectivity index (χ1) is 7.59. The van der Waals surface area contributed by atoms with Crippen molar-refractivity contribution in [2.24, 2.45) is 5.92 Å². The second-order valence-electron chi connectivity index (χ2n) is 4.24. The SMILES string of the molecule is C[C@H](CN[C@H](C)c1ccccc1)CC(=O)O. The van der Waals surface area contributed by atoms with Gasteiger partial charge in [0.15, 0.2) is 0 Å². The zero-order valence-electron chi connectivity index (χ0n) is 9.81. The molecule has 1 aromatic rings. The number of carboxylic acid groups (broad SMARTS) is 1. The fourth-order valence-corrected chi connectivity index (χ4v) is 1.61. The van der Waals surface area contributed by atoms with Crippen molar-refractivity contribution in [1.29, 1.82) is 0 Å². The van der Waals surface area contributed by atoms with E-state index in [0.29, 0.717) is 0 Å². The molecule has 0 aliphatic heterocycles. The van der Waals surface area contributed by atoms with E-state index < -0.39 is 5.97 Å². The Morgan fingerprint density at radius 1 is 1.31 bits per heavy atom. The van der Waals surface area contributed by atoms with E-state index in [4.69, 9.17) is 5.11 Å². The third-order valence-electron chi connectivity index (χ3n) is 2.60. The predicted octanol–water partition coefficient (Wildman–Crippen LogP) is 2.45. The second kappa shape index (κ2) is 6.28. The van der Waals surface area contributed by atoms with Crippen molar-refractivity contribution < 1.29 is 9.90 Å². The van der Waals surface area contributed by atoms with Crippen LogP contribution >= 0.6 is 0 Å². The molecule has 3 nitrogen and oxygen atoms in total. The Morgan fingerprint density at radius 3 is 2.50 bits per heavy atom. The molecule has 0 unspecified atom stereocenters. The summed E-state index contributed by atoms with van der Waals surface area (Å²) in [5.74, 6) is -0.578. The highest BCUT2D eigenvalue weighted by Gasteiger charge is 2.09. The fraction of sp³-hybridized carbons (Fsp3) is 0.462. The number of aliphatic carboxylic acids is 1. The van der Waals surface area contributed by atoms with Crippen LogP contribution in [-0.4, -0.2) is 17.6 Å². The van der Waals surface area contributed by atoms with Gasteiger partial charge in [0.1, 0.15) is 0 Å². The minimum atomic E-state index is -0.735. The van der Waals surface area contributed by atoms with Gasteiger partial charge in [0.25, 0.3) is 0 Å². The van der Waals surface area contributed by atoms with E-state index in [2.05, 4.69) is 24.4 Å². The molecule has 0 spiro atoms. The standard InChI is InChI=1S/C13H19NO2/c1-10(8-13(15)16)9-14-11(2)12-6-4-3-5-7-12/h3-7,10-11,14H,8-9H2,1-2H3,(H,15,16)/t10-,11+/m0/s1. The van der Waals surface area contributed by atoms with Gasteiger partial charge in [0.05, 0.1) is 0 Å². The molecule has 2 N–H and O–H groups in total. The molecule has 2 atom stereocenters. The molecule has 0 aliphatic rings. The van der Waals surface area contributed by atoms with Crippen molar-refractivity contribution in [2.45, 2.75) is 26.3 Å². The average molecular weight is 221 g/mol. The number of hydrogen-bond acceptors (Lipinski definition) is 2. The maximum atomic E-state index is 10.5. The summed E-state index contributed by atoms with van der Waals surface area (Å²) in [6, 6.07) is 10.4. The molecule has 1 aromatic carbocycles. The monoisotopic (exact) mass is 221 g/mol. The number of hydrogen-bond donors (Lipinski definition) is 2. The van der Waals surface area contributed by atoms with Gasteiger partial charge in [0.2, 0.25) is 0 Å². The molecule has 0 radical (unpaired) electrons. The van der Waals surface area contributed by atoms with Gasteiger partial charge in [0, 0.05) is 12.5 Å². The van der Waals surface area contributed by atoms with Crippen molar-refractivity contribution in [3.05, 3.63) is 35.9 Å². The summed E-state index contributed by atoms with van der Waals surface area (Å²) in [4.78, 5) is 10.5. The molecular weight excluding hydrogens is 202 g/mol. The van der Waals surface area contributed by atoms with Gasteiger partial charge < -0.3 is 10.4 Å². The highest BCUT2D eigenvalue weighted by atomic mass is 16.4. The minimum Gasteiger partial charge on any atom is -0.481 e. The van der Waals surface area contributed by atoms with Crippen LogP contribution in [0.25, 0.3) is 0 Å². The molecule has 3 heteroatoms. The highest BCUT2D eigenvalue weighted by molar-refractivity contribution is 5.66. The van der Waals surface area contributed by atoms with Gasteiger partial charge in [-0.3, -0.25) is 4.79 Å². The maximum Gasteiger partial charge on any atom is 0.303 e. The lowest BCUT2D eigenvalue weighted by molar-refractivity contribution is -0.137. The highest BCUT2D eigenvalue weighted by Crippen LogP contribution is 2.12. The van der Waals surface area contributed by atoms with Crippen molar-refractivity contribution >= 4 is 5.97 Å². The smallest absolute Gasteiger partial charge is 0.303 e. The third-order valence-corrected chi connectivity index (χ3v) is 2.60. The van der Waals surface area contributed by atoms with E-state index in [1.54, 1.807) is 0 Å². The van der Waals surface area contributed by atoms with Gasteiger partial charge in [-0.1, -0.05) is 37.3 Å². The molecule has 0 fully saturated rings. The van der Waals surface area contributed by atoms with Crippen LogP contribution in [0.15, 0.2) is 30.3 Å².